The van der Waals surface area contributed by atoms with E-state index in [9.17, 15) is 23.3 Å². The third-order valence-electron chi connectivity index (χ3n) is 4.32. The van der Waals surface area contributed by atoms with E-state index >= 15 is 0 Å². The Morgan fingerprint density at radius 3 is 2.78 bits per heavy atom. The zero-order chi connectivity index (χ0) is 19.8. The Balaban J connectivity index is 2.01. The highest BCUT2D eigenvalue weighted by Gasteiger charge is 2.30. The summed E-state index contributed by atoms with van der Waals surface area (Å²) >= 11 is 1.21. The van der Waals surface area contributed by atoms with E-state index < -0.39 is 20.9 Å². The van der Waals surface area contributed by atoms with Crippen molar-refractivity contribution in [1.82, 2.24) is 0 Å². The van der Waals surface area contributed by atoms with E-state index in [2.05, 4.69) is 4.72 Å². The summed E-state index contributed by atoms with van der Waals surface area (Å²) in [6.07, 6.45) is 2.38. The number of carbonyl (C=O) groups excluding carboxylic acids is 1. The van der Waals surface area contributed by atoms with E-state index in [1.807, 2.05) is 0 Å². The number of nitrogens with one attached hydrogen (secondary N) is 1. The van der Waals surface area contributed by atoms with Crippen molar-refractivity contribution < 1.29 is 22.9 Å². The van der Waals surface area contributed by atoms with Crippen molar-refractivity contribution in [3.63, 3.8) is 0 Å². The van der Waals surface area contributed by atoms with Crippen molar-refractivity contribution in [3.8, 4) is 0 Å². The first kappa shape index (κ1) is 19.3. The molecule has 10 heteroatoms. The monoisotopic (exact) mass is 410 g/mol. The minimum absolute atomic E-state index is 0.180. The molecule has 0 saturated carbocycles. The van der Waals surface area contributed by atoms with Gasteiger partial charge >= 0.3 is 5.97 Å². The van der Waals surface area contributed by atoms with Crippen LogP contribution in [0.25, 0.3) is 0 Å². The maximum Gasteiger partial charge on any atom is 0.341 e. The molecule has 0 spiro atoms. The summed E-state index contributed by atoms with van der Waals surface area (Å²) in [7, 11) is -4.10. The van der Waals surface area contributed by atoms with Crippen LogP contribution < -0.4 is 4.72 Å². The number of esters is 1. The highest BCUT2D eigenvalue weighted by Crippen LogP contribution is 2.40. The Morgan fingerprint density at radius 1 is 1.37 bits per heavy atom. The quantitative estimate of drug-likeness (QED) is 0.443. The van der Waals surface area contributed by atoms with Crippen LogP contribution in [0.3, 0.4) is 0 Å². The van der Waals surface area contributed by atoms with Gasteiger partial charge in [-0.05, 0) is 44.7 Å². The number of benzene rings is 1. The van der Waals surface area contributed by atoms with Gasteiger partial charge in [0.1, 0.15) is 5.00 Å². The molecule has 0 aliphatic heterocycles. The van der Waals surface area contributed by atoms with Crippen molar-refractivity contribution in [1.29, 1.82) is 0 Å². The highest BCUT2D eigenvalue weighted by atomic mass is 32.2. The van der Waals surface area contributed by atoms with E-state index in [1.165, 1.54) is 30.4 Å². The Morgan fingerprint density at radius 2 is 2.11 bits per heavy atom. The van der Waals surface area contributed by atoms with Crippen LogP contribution in [0.2, 0.25) is 0 Å². The van der Waals surface area contributed by atoms with Gasteiger partial charge < -0.3 is 4.74 Å². The van der Waals surface area contributed by atoms with E-state index in [0.29, 0.717) is 12.0 Å². The number of hydrogen-bond acceptors (Lipinski definition) is 7. The Kier molecular flexibility index (Phi) is 5.20. The fraction of sp³-hybridized carbons (Fsp3) is 0.353. The maximum absolute atomic E-state index is 12.8. The standard InChI is InChI=1S/C17H18N2O6S2/c1-3-25-17(20)15-12-5-4-6-14(12)26-16(15)18-27(23,24)11-8-7-10(2)13(9-11)19(21)22/h7-9,18H,3-6H2,1-2H3. The van der Waals surface area contributed by atoms with Gasteiger partial charge in [0.05, 0.1) is 22.0 Å². The Labute approximate surface area is 160 Å². The van der Waals surface area contributed by atoms with Crippen molar-refractivity contribution in [2.24, 2.45) is 0 Å². The summed E-state index contributed by atoms with van der Waals surface area (Å²) in [5, 5.41) is 11.3. The number of thiophene rings is 1. The minimum Gasteiger partial charge on any atom is -0.462 e. The largest absolute Gasteiger partial charge is 0.462 e. The molecule has 1 heterocycles. The summed E-state index contributed by atoms with van der Waals surface area (Å²) in [6.45, 7) is 3.39. The van der Waals surface area contributed by atoms with Gasteiger partial charge in [-0.3, -0.25) is 14.8 Å². The summed E-state index contributed by atoms with van der Waals surface area (Å²) in [4.78, 5) is 23.6. The molecule has 0 atom stereocenters. The zero-order valence-corrected chi connectivity index (χ0v) is 16.4. The van der Waals surface area contributed by atoms with Crippen LogP contribution in [0, 0.1) is 17.0 Å². The number of nitrogens with zero attached hydrogens (tertiary/aromatic N) is 1. The highest BCUT2D eigenvalue weighted by molar-refractivity contribution is 7.93. The lowest BCUT2D eigenvalue weighted by atomic mass is 10.1. The second-order valence-corrected chi connectivity index (χ2v) is 8.88. The number of hydrogen-bond donors (Lipinski definition) is 1. The van der Waals surface area contributed by atoms with Gasteiger partial charge in [0.25, 0.3) is 15.7 Å². The molecule has 144 valence electrons. The number of rotatable bonds is 6. The van der Waals surface area contributed by atoms with Gasteiger partial charge in [0, 0.05) is 16.5 Å². The first-order chi connectivity index (χ1) is 12.7. The normalized spacial score (nSPS) is 13.3. The molecule has 0 amide bonds. The van der Waals surface area contributed by atoms with Crippen LogP contribution in [0.4, 0.5) is 10.7 Å². The maximum atomic E-state index is 12.8. The lowest BCUT2D eigenvalue weighted by Gasteiger charge is -2.10. The van der Waals surface area contributed by atoms with Crippen molar-refractivity contribution in [3.05, 3.63) is 49.9 Å². The molecule has 1 N–H and O–H groups in total. The number of anilines is 1. The molecule has 8 nitrogen and oxygen atoms in total. The van der Waals surface area contributed by atoms with Crippen LogP contribution >= 0.6 is 11.3 Å². The van der Waals surface area contributed by atoms with E-state index in [-0.39, 0.29) is 27.8 Å². The van der Waals surface area contributed by atoms with Gasteiger partial charge in [-0.2, -0.15) is 0 Å². The molecule has 1 aliphatic rings. The summed E-state index contributed by atoms with van der Waals surface area (Å²) in [6, 6.07) is 3.70. The molecule has 1 aliphatic carbocycles. The third kappa shape index (κ3) is 3.67. The van der Waals surface area contributed by atoms with Gasteiger partial charge in [0.2, 0.25) is 0 Å². The lowest BCUT2D eigenvalue weighted by molar-refractivity contribution is -0.385. The summed E-state index contributed by atoms with van der Waals surface area (Å²) in [5.41, 5.74) is 1.16. The number of sulfonamides is 1. The molecular weight excluding hydrogens is 392 g/mol. The second-order valence-electron chi connectivity index (χ2n) is 6.09. The van der Waals surface area contributed by atoms with Crippen LogP contribution in [0.15, 0.2) is 23.1 Å². The van der Waals surface area contributed by atoms with Crippen molar-refractivity contribution in [2.75, 3.05) is 11.3 Å². The molecule has 0 saturated heterocycles. The summed E-state index contributed by atoms with van der Waals surface area (Å²) in [5.74, 6) is -0.565. The molecule has 1 aromatic heterocycles. The average Bonchev–Trinajstić information content (AvgIpc) is 3.14. The fourth-order valence-electron chi connectivity index (χ4n) is 3.03. The third-order valence-corrected chi connectivity index (χ3v) is 7.00. The number of nitro groups is 1. The number of fused-ring (bicyclic) bond motifs is 1. The number of carbonyl (C=O) groups is 1. The van der Waals surface area contributed by atoms with Crippen LogP contribution in [0.5, 0.6) is 0 Å². The molecule has 2 aromatic rings. The molecule has 0 fully saturated rings. The van der Waals surface area contributed by atoms with Gasteiger partial charge in [-0.15, -0.1) is 11.3 Å². The molecule has 0 radical (unpaired) electrons. The molecule has 3 rings (SSSR count). The minimum atomic E-state index is -4.10. The second kappa shape index (κ2) is 7.28. The zero-order valence-electron chi connectivity index (χ0n) is 14.8. The van der Waals surface area contributed by atoms with Crippen molar-refractivity contribution in [2.45, 2.75) is 38.0 Å². The molecular formula is C17H18N2O6S2. The average molecular weight is 410 g/mol. The van der Waals surface area contributed by atoms with Crippen molar-refractivity contribution >= 4 is 38.0 Å². The van der Waals surface area contributed by atoms with E-state index in [0.717, 1.165) is 29.3 Å². The van der Waals surface area contributed by atoms with Crippen LogP contribution in [0.1, 0.15) is 39.7 Å². The van der Waals surface area contributed by atoms with Gasteiger partial charge in [-0.25, -0.2) is 13.2 Å². The SMILES string of the molecule is CCOC(=O)c1c(NS(=O)(=O)c2ccc(C)c([N+](=O)[O-])c2)sc2c1CCC2. The lowest BCUT2D eigenvalue weighted by Crippen LogP contribution is -2.16. The molecule has 0 bridgehead atoms. The number of ether oxygens (including phenoxy) is 1. The molecule has 0 unspecified atom stereocenters. The molecule has 1 aromatic carbocycles. The predicted molar refractivity (Wildman–Crippen MR) is 101 cm³/mol. The van der Waals surface area contributed by atoms with Gasteiger partial charge in [-0.1, -0.05) is 6.07 Å². The number of aryl methyl sites for hydroxylation is 2. The first-order valence-electron chi connectivity index (χ1n) is 8.34. The topological polar surface area (TPSA) is 116 Å². The first-order valence-corrected chi connectivity index (χ1v) is 10.6. The fourth-order valence-corrected chi connectivity index (χ4v) is 5.63. The summed E-state index contributed by atoms with van der Waals surface area (Å²) < 4.78 is 33.0. The number of nitro benzene ring substituents is 1. The predicted octanol–water partition coefficient (Wildman–Crippen LogP) is 3.43. The Bertz CT molecular complexity index is 1030. The molecule has 27 heavy (non-hydrogen) atoms. The van der Waals surface area contributed by atoms with Gasteiger partial charge in [0.15, 0.2) is 0 Å². The van der Waals surface area contributed by atoms with Crippen LogP contribution in [-0.2, 0) is 27.6 Å². The van der Waals surface area contributed by atoms with E-state index in [4.69, 9.17) is 4.74 Å². The van der Waals surface area contributed by atoms with Crippen LogP contribution in [-0.4, -0.2) is 25.9 Å². The van der Waals surface area contributed by atoms with E-state index in [1.54, 1.807) is 6.92 Å². The Hall–Kier alpha value is -2.46. The smallest absolute Gasteiger partial charge is 0.341 e.